The molecule has 1 atom stereocenters. The summed E-state index contributed by atoms with van der Waals surface area (Å²) in [6.07, 6.45) is 0.916. The highest BCUT2D eigenvalue weighted by atomic mass is 16.4. The lowest BCUT2D eigenvalue weighted by Gasteiger charge is -2.24. The number of carboxylic acid groups (broad SMARTS) is 1. The molecule has 0 spiro atoms. The topological polar surface area (TPSA) is 49.3 Å². The molecule has 3 nitrogen and oxygen atoms in total. The lowest BCUT2D eigenvalue weighted by atomic mass is 9.93. The molecule has 3 heteroatoms. The monoisotopic (exact) mass is 191 g/mol. The van der Waals surface area contributed by atoms with Crippen LogP contribution in [0.15, 0.2) is 18.2 Å². The SMILES string of the molecule is Cc1ccc2c(c1)[C@H](C(=O)O)NCC2. The van der Waals surface area contributed by atoms with Crippen LogP contribution in [0.3, 0.4) is 0 Å². The second-order valence-electron chi connectivity index (χ2n) is 3.68. The van der Waals surface area contributed by atoms with Gasteiger partial charge in [0.2, 0.25) is 0 Å². The molecular formula is C11H13NO2. The third-order valence-electron chi connectivity index (χ3n) is 2.60. The molecule has 2 rings (SSSR count). The summed E-state index contributed by atoms with van der Waals surface area (Å²) >= 11 is 0. The second kappa shape index (κ2) is 3.42. The van der Waals surface area contributed by atoms with Crippen molar-refractivity contribution < 1.29 is 9.90 Å². The number of rotatable bonds is 1. The van der Waals surface area contributed by atoms with Crippen molar-refractivity contribution >= 4 is 5.97 Å². The van der Waals surface area contributed by atoms with Gasteiger partial charge in [0, 0.05) is 6.54 Å². The van der Waals surface area contributed by atoms with Gasteiger partial charge in [-0.15, -0.1) is 0 Å². The highest BCUT2D eigenvalue weighted by Crippen LogP contribution is 2.23. The zero-order valence-electron chi connectivity index (χ0n) is 8.08. The maximum Gasteiger partial charge on any atom is 0.325 e. The maximum absolute atomic E-state index is 11.0. The predicted octanol–water partition coefficient (Wildman–Crippen LogP) is 1.27. The van der Waals surface area contributed by atoms with Crippen molar-refractivity contribution in [1.29, 1.82) is 0 Å². The average Bonchev–Trinajstić information content (AvgIpc) is 2.16. The van der Waals surface area contributed by atoms with Crippen LogP contribution in [-0.4, -0.2) is 17.6 Å². The minimum Gasteiger partial charge on any atom is -0.480 e. The molecule has 1 aromatic carbocycles. The summed E-state index contributed by atoms with van der Waals surface area (Å²) in [6, 6.07) is 5.49. The second-order valence-corrected chi connectivity index (χ2v) is 3.68. The number of nitrogens with one attached hydrogen (secondary N) is 1. The summed E-state index contributed by atoms with van der Waals surface area (Å²) in [5.41, 5.74) is 3.18. The van der Waals surface area contributed by atoms with E-state index in [1.807, 2.05) is 25.1 Å². The van der Waals surface area contributed by atoms with E-state index in [9.17, 15) is 4.79 Å². The molecule has 0 aliphatic carbocycles. The summed E-state index contributed by atoms with van der Waals surface area (Å²) in [4.78, 5) is 11.0. The molecule has 0 saturated carbocycles. The van der Waals surface area contributed by atoms with E-state index < -0.39 is 12.0 Å². The van der Waals surface area contributed by atoms with Crippen molar-refractivity contribution in [3.05, 3.63) is 34.9 Å². The molecule has 0 fully saturated rings. The van der Waals surface area contributed by atoms with Crippen LogP contribution in [0, 0.1) is 6.92 Å². The summed E-state index contributed by atoms with van der Waals surface area (Å²) in [5, 5.41) is 12.0. The zero-order valence-corrected chi connectivity index (χ0v) is 8.08. The number of aliphatic carboxylic acids is 1. The highest BCUT2D eigenvalue weighted by molar-refractivity contribution is 5.76. The average molecular weight is 191 g/mol. The van der Waals surface area contributed by atoms with E-state index in [1.165, 1.54) is 0 Å². The Kier molecular flexibility index (Phi) is 2.25. The van der Waals surface area contributed by atoms with E-state index in [0.717, 1.165) is 29.7 Å². The predicted molar refractivity (Wildman–Crippen MR) is 53.3 cm³/mol. The van der Waals surface area contributed by atoms with Crippen LogP contribution in [0.2, 0.25) is 0 Å². The lowest BCUT2D eigenvalue weighted by molar-refractivity contribution is -0.139. The largest absolute Gasteiger partial charge is 0.480 e. The fourth-order valence-corrected chi connectivity index (χ4v) is 1.89. The van der Waals surface area contributed by atoms with Crippen molar-refractivity contribution in [3.8, 4) is 0 Å². The maximum atomic E-state index is 11.0. The van der Waals surface area contributed by atoms with Crippen molar-refractivity contribution in [1.82, 2.24) is 5.32 Å². The molecule has 0 saturated heterocycles. The molecule has 0 aromatic heterocycles. The molecule has 14 heavy (non-hydrogen) atoms. The van der Waals surface area contributed by atoms with Gasteiger partial charge in [-0.3, -0.25) is 4.79 Å². The number of fused-ring (bicyclic) bond motifs is 1. The van der Waals surface area contributed by atoms with E-state index >= 15 is 0 Å². The molecule has 2 N–H and O–H groups in total. The summed E-state index contributed by atoms with van der Waals surface area (Å²) in [5.74, 6) is -0.795. The third-order valence-corrected chi connectivity index (χ3v) is 2.60. The minimum atomic E-state index is -0.795. The lowest BCUT2D eigenvalue weighted by Crippen LogP contribution is -2.35. The molecule has 1 aromatic rings. The fourth-order valence-electron chi connectivity index (χ4n) is 1.89. The van der Waals surface area contributed by atoms with Gasteiger partial charge in [0.05, 0.1) is 0 Å². The van der Waals surface area contributed by atoms with Gasteiger partial charge in [0.15, 0.2) is 0 Å². The highest BCUT2D eigenvalue weighted by Gasteiger charge is 2.25. The molecule has 1 aliphatic heterocycles. The summed E-state index contributed by atoms with van der Waals surface area (Å²) in [7, 11) is 0. The Morgan fingerprint density at radius 1 is 1.57 bits per heavy atom. The van der Waals surface area contributed by atoms with Crippen molar-refractivity contribution in [2.24, 2.45) is 0 Å². The normalized spacial score (nSPS) is 20.2. The number of carboxylic acids is 1. The first-order valence-corrected chi connectivity index (χ1v) is 4.74. The number of carbonyl (C=O) groups is 1. The Morgan fingerprint density at radius 2 is 2.36 bits per heavy atom. The molecule has 0 amide bonds. The number of hydrogen-bond donors (Lipinski definition) is 2. The van der Waals surface area contributed by atoms with Crippen LogP contribution in [-0.2, 0) is 11.2 Å². The van der Waals surface area contributed by atoms with E-state index in [-0.39, 0.29) is 0 Å². The van der Waals surface area contributed by atoms with Gasteiger partial charge in [0.25, 0.3) is 0 Å². The van der Waals surface area contributed by atoms with Crippen LogP contribution in [0.4, 0.5) is 0 Å². The van der Waals surface area contributed by atoms with E-state index in [1.54, 1.807) is 0 Å². The van der Waals surface area contributed by atoms with E-state index in [0.29, 0.717) is 0 Å². The van der Waals surface area contributed by atoms with Crippen LogP contribution in [0.5, 0.6) is 0 Å². The first-order valence-electron chi connectivity index (χ1n) is 4.74. The van der Waals surface area contributed by atoms with Crippen molar-refractivity contribution in [2.75, 3.05) is 6.54 Å². The van der Waals surface area contributed by atoms with Crippen molar-refractivity contribution in [2.45, 2.75) is 19.4 Å². The van der Waals surface area contributed by atoms with Gasteiger partial charge in [-0.1, -0.05) is 23.8 Å². The number of hydrogen-bond acceptors (Lipinski definition) is 2. The molecule has 74 valence electrons. The van der Waals surface area contributed by atoms with E-state index in [2.05, 4.69) is 5.32 Å². The molecule has 0 unspecified atom stereocenters. The quantitative estimate of drug-likeness (QED) is 0.702. The van der Waals surface area contributed by atoms with Crippen LogP contribution >= 0.6 is 0 Å². The minimum absolute atomic E-state index is 0.529. The summed E-state index contributed by atoms with van der Waals surface area (Å²) < 4.78 is 0. The molecule has 1 aliphatic rings. The number of benzene rings is 1. The van der Waals surface area contributed by atoms with Crippen LogP contribution in [0.25, 0.3) is 0 Å². The standard InChI is InChI=1S/C11H13NO2/c1-7-2-3-8-4-5-12-10(11(13)14)9(8)6-7/h2-3,6,10,12H,4-5H2,1H3,(H,13,14)/t10-/m1/s1. The summed E-state index contributed by atoms with van der Waals surface area (Å²) in [6.45, 7) is 2.72. The molecule has 0 bridgehead atoms. The van der Waals surface area contributed by atoms with E-state index in [4.69, 9.17) is 5.11 Å². The molecule has 0 radical (unpaired) electrons. The van der Waals surface area contributed by atoms with Gasteiger partial charge in [-0.05, 0) is 24.5 Å². The Morgan fingerprint density at radius 3 is 3.07 bits per heavy atom. The van der Waals surface area contributed by atoms with Gasteiger partial charge in [-0.2, -0.15) is 0 Å². The Hall–Kier alpha value is -1.35. The first kappa shape index (κ1) is 9.21. The Balaban J connectivity index is 2.46. The van der Waals surface area contributed by atoms with Crippen LogP contribution < -0.4 is 5.32 Å². The third kappa shape index (κ3) is 1.51. The van der Waals surface area contributed by atoms with Gasteiger partial charge in [-0.25, -0.2) is 0 Å². The van der Waals surface area contributed by atoms with Gasteiger partial charge in [0.1, 0.15) is 6.04 Å². The zero-order chi connectivity index (χ0) is 10.1. The molecule has 1 heterocycles. The van der Waals surface area contributed by atoms with Gasteiger partial charge < -0.3 is 10.4 Å². The van der Waals surface area contributed by atoms with Gasteiger partial charge >= 0.3 is 5.97 Å². The Labute approximate surface area is 82.8 Å². The van der Waals surface area contributed by atoms with Crippen LogP contribution in [0.1, 0.15) is 22.7 Å². The van der Waals surface area contributed by atoms with Crippen molar-refractivity contribution in [3.63, 3.8) is 0 Å². The number of aryl methyl sites for hydroxylation is 1. The molecular weight excluding hydrogens is 178 g/mol. The smallest absolute Gasteiger partial charge is 0.325 e. The fraction of sp³-hybridized carbons (Fsp3) is 0.364. The first-order chi connectivity index (χ1) is 6.68. The Bertz CT molecular complexity index is 374.